The van der Waals surface area contributed by atoms with E-state index >= 15 is 0 Å². The molecule has 1 atom stereocenters. The van der Waals surface area contributed by atoms with Gasteiger partial charge in [0.15, 0.2) is 0 Å². The van der Waals surface area contributed by atoms with Gasteiger partial charge in [-0.1, -0.05) is 0 Å². The van der Waals surface area contributed by atoms with Gasteiger partial charge in [0, 0.05) is 22.8 Å². The van der Waals surface area contributed by atoms with Crippen LogP contribution in [0.15, 0.2) is 15.1 Å². The first-order chi connectivity index (χ1) is 5.65. The summed E-state index contributed by atoms with van der Waals surface area (Å²) in [6, 6.07) is 1.78. The normalized spacial score (nSPS) is 13.3. The number of aromatic nitrogens is 1. The maximum absolute atomic E-state index is 8.66. The van der Waals surface area contributed by atoms with Gasteiger partial charge in [-0.05, 0) is 44.3 Å². The zero-order chi connectivity index (χ0) is 9.14. The molecule has 4 N–H and O–H groups in total. The molecule has 0 amide bonds. The van der Waals surface area contributed by atoms with E-state index in [9.17, 15) is 0 Å². The van der Waals surface area contributed by atoms with E-state index in [0.717, 1.165) is 14.8 Å². The van der Waals surface area contributed by atoms with Crippen molar-refractivity contribution in [2.75, 3.05) is 6.61 Å². The lowest BCUT2D eigenvalue weighted by atomic mass is 10.2. The highest BCUT2D eigenvalue weighted by Gasteiger charge is 2.09. The predicted molar refractivity (Wildman–Crippen MR) is 54.8 cm³/mol. The highest BCUT2D eigenvalue weighted by Crippen LogP contribution is 2.26. The fourth-order valence-corrected chi connectivity index (χ4v) is 1.61. The molecule has 0 fully saturated rings. The molecule has 0 spiro atoms. The molecule has 0 aromatic carbocycles. The van der Waals surface area contributed by atoms with Gasteiger partial charge in [-0.25, -0.2) is 0 Å². The van der Waals surface area contributed by atoms with Gasteiger partial charge >= 0.3 is 0 Å². The quantitative estimate of drug-likeness (QED) is 0.798. The molecule has 0 saturated carbocycles. The van der Waals surface area contributed by atoms with Crippen LogP contribution in [-0.2, 0) is 0 Å². The third-order valence-corrected chi connectivity index (χ3v) is 3.37. The molecule has 3 nitrogen and oxygen atoms in total. The number of halogens is 2. The molecule has 1 rings (SSSR count). The summed E-state index contributed by atoms with van der Waals surface area (Å²) >= 11 is 6.65. The highest BCUT2D eigenvalue weighted by atomic mass is 79.9. The number of H-pyrrole nitrogens is 1. The topological polar surface area (TPSA) is 62.0 Å². The summed E-state index contributed by atoms with van der Waals surface area (Å²) < 4.78 is 1.83. The van der Waals surface area contributed by atoms with Crippen LogP contribution >= 0.6 is 31.9 Å². The first kappa shape index (κ1) is 10.2. The maximum atomic E-state index is 8.66. The monoisotopic (exact) mass is 296 g/mol. The molecular weight excluding hydrogens is 288 g/mol. The smallest absolute Gasteiger partial charge is 0.0966 e. The Balaban J connectivity index is 2.74. The van der Waals surface area contributed by atoms with Crippen LogP contribution in [0.3, 0.4) is 0 Å². The molecule has 5 heteroatoms. The molecule has 12 heavy (non-hydrogen) atoms. The van der Waals surface area contributed by atoms with Gasteiger partial charge in [-0.15, -0.1) is 0 Å². The lowest BCUT2D eigenvalue weighted by Gasteiger charge is -2.06. The summed E-state index contributed by atoms with van der Waals surface area (Å²) in [7, 11) is 0. The molecule has 0 radical (unpaired) electrons. The molecule has 0 bridgehead atoms. The average Bonchev–Trinajstić information content (AvgIpc) is 2.33. The first-order valence-corrected chi connectivity index (χ1v) is 5.14. The van der Waals surface area contributed by atoms with E-state index in [0.29, 0.717) is 6.42 Å². The molecule has 68 valence electrons. The Bertz CT molecular complexity index is 242. The standard InChI is InChI=1S/C7H10Br2N2O/c8-4-3-6(11-7(4)9)5(10)1-2-12/h3,5,11-12H,1-2,10H2. The Labute approximate surface area is 87.6 Å². The van der Waals surface area contributed by atoms with Crippen LogP contribution in [0.5, 0.6) is 0 Å². The largest absolute Gasteiger partial charge is 0.396 e. The van der Waals surface area contributed by atoms with Crippen LogP contribution in [0.2, 0.25) is 0 Å². The molecule has 0 aliphatic carbocycles. The van der Waals surface area contributed by atoms with Crippen molar-refractivity contribution in [1.29, 1.82) is 0 Å². The van der Waals surface area contributed by atoms with E-state index in [1.807, 2.05) is 6.07 Å². The van der Waals surface area contributed by atoms with E-state index in [1.165, 1.54) is 0 Å². The number of aliphatic hydroxyl groups is 1. The molecule has 1 unspecified atom stereocenters. The first-order valence-electron chi connectivity index (χ1n) is 3.55. The average molecular weight is 298 g/mol. The van der Waals surface area contributed by atoms with Gasteiger partial charge in [0.2, 0.25) is 0 Å². The van der Waals surface area contributed by atoms with Crippen molar-refractivity contribution in [2.45, 2.75) is 12.5 Å². The zero-order valence-corrected chi connectivity index (χ0v) is 9.52. The van der Waals surface area contributed by atoms with Gasteiger partial charge < -0.3 is 15.8 Å². The zero-order valence-electron chi connectivity index (χ0n) is 6.35. The fraction of sp³-hybridized carbons (Fsp3) is 0.429. The Morgan fingerprint density at radius 1 is 1.58 bits per heavy atom. The molecular formula is C7H10Br2N2O. The van der Waals surface area contributed by atoms with Crippen molar-refractivity contribution < 1.29 is 5.11 Å². The molecule has 0 aliphatic heterocycles. The lowest BCUT2D eigenvalue weighted by Crippen LogP contribution is -2.12. The number of nitrogens with one attached hydrogen (secondary N) is 1. The van der Waals surface area contributed by atoms with Crippen molar-refractivity contribution >= 4 is 31.9 Å². The minimum Gasteiger partial charge on any atom is -0.396 e. The van der Waals surface area contributed by atoms with E-state index in [2.05, 4.69) is 36.8 Å². The minimum absolute atomic E-state index is 0.107. The Morgan fingerprint density at radius 2 is 2.25 bits per heavy atom. The van der Waals surface area contributed by atoms with Crippen LogP contribution in [0.25, 0.3) is 0 Å². The summed E-state index contributed by atoms with van der Waals surface area (Å²) in [5.41, 5.74) is 6.67. The van der Waals surface area contributed by atoms with Crippen LogP contribution in [-0.4, -0.2) is 16.7 Å². The Kier molecular flexibility index (Phi) is 3.77. The van der Waals surface area contributed by atoms with Gasteiger partial charge in [0.25, 0.3) is 0 Å². The van der Waals surface area contributed by atoms with Crippen LogP contribution in [0.1, 0.15) is 18.2 Å². The maximum Gasteiger partial charge on any atom is 0.0966 e. The van der Waals surface area contributed by atoms with E-state index in [1.54, 1.807) is 0 Å². The third kappa shape index (κ3) is 2.32. The Morgan fingerprint density at radius 3 is 2.67 bits per heavy atom. The van der Waals surface area contributed by atoms with E-state index < -0.39 is 0 Å². The summed E-state index contributed by atoms with van der Waals surface area (Å²) in [6.07, 6.45) is 0.569. The third-order valence-electron chi connectivity index (χ3n) is 1.59. The number of nitrogens with two attached hydrogens (primary N) is 1. The van der Waals surface area contributed by atoms with Crippen molar-refractivity contribution in [1.82, 2.24) is 4.98 Å². The number of aliphatic hydroxyl groups excluding tert-OH is 1. The van der Waals surface area contributed by atoms with Gasteiger partial charge in [-0.2, -0.15) is 0 Å². The summed E-state index contributed by atoms with van der Waals surface area (Å²) in [5.74, 6) is 0. The second-order valence-corrected chi connectivity index (χ2v) is 4.15. The van der Waals surface area contributed by atoms with Crippen LogP contribution in [0, 0.1) is 0 Å². The highest BCUT2D eigenvalue weighted by molar-refractivity contribution is 9.13. The second-order valence-electron chi connectivity index (χ2n) is 2.51. The van der Waals surface area contributed by atoms with Gasteiger partial charge in [0.1, 0.15) is 0 Å². The SMILES string of the molecule is NC(CCO)c1cc(Br)c(Br)[nH]1. The number of hydrogen-bond acceptors (Lipinski definition) is 2. The lowest BCUT2D eigenvalue weighted by molar-refractivity contribution is 0.276. The molecule has 0 aliphatic rings. The summed E-state index contributed by atoms with van der Waals surface area (Å²) in [5, 5.41) is 8.66. The van der Waals surface area contributed by atoms with Crippen molar-refractivity contribution in [3.8, 4) is 0 Å². The van der Waals surface area contributed by atoms with E-state index in [-0.39, 0.29) is 12.6 Å². The number of aromatic amines is 1. The van der Waals surface area contributed by atoms with Crippen molar-refractivity contribution in [3.05, 3.63) is 20.8 Å². The molecule has 1 heterocycles. The summed E-state index contributed by atoms with van der Waals surface area (Å²) in [6.45, 7) is 0.107. The van der Waals surface area contributed by atoms with Gasteiger partial charge in [0.05, 0.1) is 4.60 Å². The molecule has 1 aromatic rings. The van der Waals surface area contributed by atoms with Gasteiger partial charge in [-0.3, -0.25) is 0 Å². The molecule has 1 aromatic heterocycles. The fourth-order valence-electron chi connectivity index (χ4n) is 0.917. The molecule has 0 saturated heterocycles. The van der Waals surface area contributed by atoms with Crippen LogP contribution in [0.4, 0.5) is 0 Å². The van der Waals surface area contributed by atoms with Crippen molar-refractivity contribution in [2.24, 2.45) is 5.73 Å². The van der Waals surface area contributed by atoms with Crippen LogP contribution < -0.4 is 5.73 Å². The predicted octanol–water partition coefficient (Wildman–Crippen LogP) is 1.92. The Hall–Kier alpha value is 0.160. The minimum atomic E-state index is -0.127. The van der Waals surface area contributed by atoms with E-state index in [4.69, 9.17) is 10.8 Å². The summed E-state index contributed by atoms with van der Waals surface area (Å²) in [4.78, 5) is 3.06. The van der Waals surface area contributed by atoms with Crippen molar-refractivity contribution in [3.63, 3.8) is 0 Å². The number of rotatable bonds is 3. The number of hydrogen-bond donors (Lipinski definition) is 3. The second kappa shape index (κ2) is 4.41.